The Balaban J connectivity index is 3.22. The number of carboxylic acid groups (broad SMARTS) is 1. The second kappa shape index (κ2) is 3.81. The molecule has 4 nitrogen and oxygen atoms in total. The number of ether oxygens (including phenoxy) is 1. The molecule has 15 heavy (non-hydrogen) atoms. The van der Waals surface area contributed by atoms with Crippen molar-refractivity contribution < 1.29 is 19.7 Å². The Bertz CT molecular complexity index is 382. The number of methoxy groups -OCH3 is 1. The molecule has 82 valence electrons. The summed E-state index contributed by atoms with van der Waals surface area (Å²) in [5.41, 5.74) is -0.411. The number of carbonyl (C=O) groups is 1. The summed E-state index contributed by atoms with van der Waals surface area (Å²) in [7, 11) is 1.42. The maximum absolute atomic E-state index is 11.0. The van der Waals surface area contributed by atoms with Crippen LogP contribution in [0, 0.1) is 0 Å². The fraction of sp³-hybridized carbons (Fsp3) is 0.364. The maximum atomic E-state index is 11.0. The lowest BCUT2D eigenvalue weighted by Gasteiger charge is -2.20. The molecule has 1 aromatic rings. The first kappa shape index (κ1) is 11.4. The number of aliphatic carboxylic acids is 1. The van der Waals surface area contributed by atoms with E-state index in [4.69, 9.17) is 9.84 Å². The van der Waals surface area contributed by atoms with Crippen LogP contribution < -0.4 is 4.74 Å². The van der Waals surface area contributed by atoms with E-state index >= 15 is 0 Å². The minimum absolute atomic E-state index is 0.00226. The van der Waals surface area contributed by atoms with Crippen LogP contribution in [0.5, 0.6) is 11.5 Å². The van der Waals surface area contributed by atoms with Crippen LogP contribution in [0.2, 0.25) is 0 Å². The first-order chi connectivity index (χ1) is 6.89. The monoisotopic (exact) mass is 210 g/mol. The SMILES string of the molecule is COc1cc(C(C)(C)C(=O)O)ccc1O. The first-order valence-electron chi connectivity index (χ1n) is 4.50. The molecule has 1 rings (SSSR count). The molecule has 0 spiro atoms. The normalized spacial score (nSPS) is 11.1. The van der Waals surface area contributed by atoms with Gasteiger partial charge in [0.2, 0.25) is 0 Å². The topological polar surface area (TPSA) is 66.8 Å². The van der Waals surface area contributed by atoms with Gasteiger partial charge < -0.3 is 14.9 Å². The van der Waals surface area contributed by atoms with E-state index in [9.17, 15) is 9.90 Å². The zero-order valence-electron chi connectivity index (χ0n) is 8.94. The number of carboxylic acids is 1. The lowest BCUT2D eigenvalue weighted by molar-refractivity contribution is -0.142. The summed E-state index contributed by atoms with van der Waals surface area (Å²) in [4.78, 5) is 11.0. The highest BCUT2D eigenvalue weighted by Gasteiger charge is 2.30. The number of benzene rings is 1. The van der Waals surface area contributed by atoms with Crippen LogP contribution in [0.1, 0.15) is 19.4 Å². The minimum atomic E-state index is -0.999. The molecule has 0 fully saturated rings. The van der Waals surface area contributed by atoms with Gasteiger partial charge in [-0.15, -0.1) is 0 Å². The summed E-state index contributed by atoms with van der Waals surface area (Å²) in [5.74, 6) is -0.639. The van der Waals surface area contributed by atoms with Crippen LogP contribution in [0.4, 0.5) is 0 Å². The fourth-order valence-corrected chi connectivity index (χ4v) is 1.19. The van der Waals surface area contributed by atoms with E-state index in [-0.39, 0.29) is 11.5 Å². The molecule has 0 amide bonds. The van der Waals surface area contributed by atoms with Gasteiger partial charge in [0.25, 0.3) is 0 Å². The lowest BCUT2D eigenvalue weighted by Crippen LogP contribution is -2.28. The van der Waals surface area contributed by atoms with E-state index < -0.39 is 11.4 Å². The molecule has 0 saturated carbocycles. The summed E-state index contributed by atoms with van der Waals surface area (Å²) >= 11 is 0. The van der Waals surface area contributed by atoms with Crippen LogP contribution in [0.25, 0.3) is 0 Å². The lowest BCUT2D eigenvalue weighted by atomic mass is 9.85. The molecule has 0 unspecified atom stereocenters. The van der Waals surface area contributed by atoms with Crippen molar-refractivity contribution in [2.24, 2.45) is 0 Å². The van der Waals surface area contributed by atoms with Gasteiger partial charge in [-0.2, -0.15) is 0 Å². The van der Waals surface area contributed by atoms with Crippen molar-refractivity contribution in [2.45, 2.75) is 19.3 Å². The second-order valence-electron chi connectivity index (χ2n) is 3.82. The Labute approximate surface area is 88.1 Å². The van der Waals surface area contributed by atoms with Crippen LogP contribution in [0.15, 0.2) is 18.2 Å². The largest absolute Gasteiger partial charge is 0.504 e. The zero-order valence-corrected chi connectivity index (χ0v) is 8.94. The molecule has 0 atom stereocenters. The summed E-state index contributed by atoms with van der Waals surface area (Å²) in [5, 5.41) is 18.4. The predicted molar refractivity (Wildman–Crippen MR) is 55.3 cm³/mol. The zero-order chi connectivity index (χ0) is 11.6. The average molecular weight is 210 g/mol. The van der Waals surface area contributed by atoms with E-state index in [2.05, 4.69) is 0 Å². The van der Waals surface area contributed by atoms with Crippen molar-refractivity contribution in [3.05, 3.63) is 23.8 Å². The molecule has 4 heteroatoms. The summed E-state index contributed by atoms with van der Waals surface area (Å²) in [6.45, 7) is 3.20. The van der Waals surface area contributed by atoms with Crippen molar-refractivity contribution in [1.29, 1.82) is 0 Å². The molecule has 2 N–H and O–H groups in total. The van der Waals surface area contributed by atoms with Crippen LogP contribution in [-0.4, -0.2) is 23.3 Å². The van der Waals surface area contributed by atoms with Gasteiger partial charge >= 0.3 is 5.97 Å². The average Bonchev–Trinajstić information content (AvgIpc) is 2.18. The van der Waals surface area contributed by atoms with Gasteiger partial charge in [0.05, 0.1) is 12.5 Å². The third kappa shape index (κ3) is 2.03. The highest BCUT2D eigenvalue weighted by molar-refractivity contribution is 5.80. The smallest absolute Gasteiger partial charge is 0.313 e. The van der Waals surface area contributed by atoms with Gasteiger partial charge in [0.15, 0.2) is 11.5 Å². The molecule has 0 aromatic heterocycles. The summed E-state index contributed by atoms with van der Waals surface area (Å²) in [6, 6.07) is 4.54. The predicted octanol–water partition coefficient (Wildman–Crippen LogP) is 1.76. The van der Waals surface area contributed by atoms with Crippen LogP contribution in [-0.2, 0) is 10.2 Å². The molecule has 0 aliphatic carbocycles. The van der Waals surface area contributed by atoms with Gasteiger partial charge in [0.1, 0.15) is 0 Å². The van der Waals surface area contributed by atoms with Crippen molar-refractivity contribution in [1.82, 2.24) is 0 Å². The number of hydrogen-bond donors (Lipinski definition) is 2. The Kier molecular flexibility index (Phi) is 2.88. The third-order valence-corrected chi connectivity index (χ3v) is 2.44. The van der Waals surface area contributed by atoms with E-state index in [1.807, 2.05) is 0 Å². The Morgan fingerprint density at radius 3 is 2.47 bits per heavy atom. The number of phenols is 1. The van der Waals surface area contributed by atoms with Crippen molar-refractivity contribution in [3.8, 4) is 11.5 Å². The molecule has 0 aliphatic heterocycles. The Hall–Kier alpha value is -1.71. The molecule has 0 bridgehead atoms. The third-order valence-electron chi connectivity index (χ3n) is 2.44. The van der Waals surface area contributed by atoms with Crippen molar-refractivity contribution >= 4 is 5.97 Å². The molecule has 1 aromatic carbocycles. The first-order valence-corrected chi connectivity index (χ1v) is 4.50. The molecular weight excluding hydrogens is 196 g/mol. The molecule has 0 heterocycles. The van der Waals surface area contributed by atoms with E-state index in [1.54, 1.807) is 19.9 Å². The maximum Gasteiger partial charge on any atom is 0.313 e. The fourth-order valence-electron chi connectivity index (χ4n) is 1.19. The number of rotatable bonds is 3. The van der Waals surface area contributed by atoms with Gasteiger partial charge in [-0.1, -0.05) is 6.07 Å². The van der Waals surface area contributed by atoms with Crippen LogP contribution >= 0.6 is 0 Å². The summed E-state index contributed by atoms with van der Waals surface area (Å²) < 4.78 is 4.92. The second-order valence-corrected chi connectivity index (χ2v) is 3.82. The van der Waals surface area contributed by atoms with Crippen LogP contribution in [0.3, 0.4) is 0 Å². The number of phenolic OH excluding ortho intramolecular Hbond substituents is 1. The highest BCUT2D eigenvalue weighted by Crippen LogP contribution is 2.32. The van der Waals surface area contributed by atoms with Crippen molar-refractivity contribution in [3.63, 3.8) is 0 Å². The van der Waals surface area contributed by atoms with Gasteiger partial charge in [0, 0.05) is 0 Å². The molecule has 0 radical (unpaired) electrons. The molecule has 0 saturated heterocycles. The van der Waals surface area contributed by atoms with Crippen molar-refractivity contribution in [2.75, 3.05) is 7.11 Å². The Morgan fingerprint density at radius 1 is 1.40 bits per heavy atom. The quantitative estimate of drug-likeness (QED) is 0.797. The van der Waals surface area contributed by atoms with Gasteiger partial charge in [-0.05, 0) is 31.5 Å². The molecular formula is C11H14O4. The van der Waals surface area contributed by atoms with Gasteiger partial charge in [-0.25, -0.2) is 0 Å². The standard InChI is InChI=1S/C11H14O4/c1-11(2,10(13)14)7-4-5-8(12)9(6-7)15-3/h4-6,12H,1-3H3,(H,13,14). The Morgan fingerprint density at radius 2 is 2.00 bits per heavy atom. The van der Waals surface area contributed by atoms with E-state index in [0.29, 0.717) is 5.56 Å². The number of hydrogen-bond acceptors (Lipinski definition) is 3. The van der Waals surface area contributed by atoms with E-state index in [1.165, 1.54) is 19.2 Å². The highest BCUT2D eigenvalue weighted by atomic mass is 16.5. The molecule has 0 aliphatic rings. The minimum Gasteiger partial charge on any atom is -0.504 e. The van der Waals surface area contributed by atoms with E-state index in [0.717, 1.165) is 0 Å². The number of aromatic hydroxyl groups is 1. The van der Waals surface area contributed by atoms with Gasteiger partial charge in [-0.3, -0.25) is 4.79 Å². The summed E-state index contributed by atoms with van der Waals surface area (Å²) in [6.07, 6.45) is 0.